The second kappa shape index (κ2) is 8.96. The zero-order valence-corrected chi connectivity index (χ0v) is 20.7. The summed E-state index contributed by atoms with van der Waals surface area (Å²) in [6.07, 6.45) is 1.02. The summed E-state index contributed by atoms with van der Waals surface area (Å²) in [5.74, 6) is 0.798. The molecule has 0 spiro atoms. The van der Waals surface area contributed by atoms with Gasteiger partial charge in [0.15, 0.2) is 0 Å². The Labute approximate surface area is 211 Å². The van der Waals surface area contributed by atoms with Gasteiger partial charge in [-0.1, -0.05) is 64.5 Å². The van der Waals surface area contributed by atoms with E-state index in [4.69, 9.17) is 9.72 Å². The molecular formula is C28H24BrN3O3. The van der Waals surface area contributed by atoms with Crippen LogP contribution in [0.1, 0.15) is 29.3 Å². The zero-order valence-electron chi connectivity index (χ0n) is 19.1. The predicted octanol–water partition coefficient (Wildman–Crippen LogP) is 5.36. The van der Waals surface area contributed by atoms with E-state index in [2.05, 4.69) is 40.2 Å². The SMILES string of the molecule is O=C(OCC1c2ccccc2-c2ccccc21)N1CCCc2nc3cc(Br)ccc3c(=O)n2CC1. The fourth-order valence-corrected chi connectivity index (χ4v) is 5.64. The van der Waals surface area contributed by atoms with Gasteiger partial charge in [-0.2, -0.15) is 0 Å². The van der Waals surface area contributed by atoms with Crippen molar-refractivity contribution in [3.05, 3.63) is 98.5 Å². The average molecular weight is 530 g/mol. The minimum atomic E-state index is -0.332. The molecule has 1 amide bonds. The quantitative estimate of drug-likeness (QED) is 0.350. The van der Waals surface area contributed by atoms with Gasteiger partial charge in [0, 0.05) is 36.4 Å². The molecule has 0 saturated heterocycles. The van der Waals surface area contributed by atoms with E-state index in [9.17, 15) is 9.59 Å². The average Bonchev–Trinajstić information content (AvgIpc) is 3.17. The van der Waals surface area contributed by atoms with Gasteiger partial charge in [-0.05, 0) is 46.9 Å². The van der Waals surface area contributed by atoms with Crippen LogP contribution in [0.4, 0.5) is 4.79 Å². The molecule has 3 aromatic carbocycles. The maximum absolute atomic E-state index is 13.1. The number of aromatic nitrogens is 2. The van der Waals surface area contributed by atoms with Gasteiger partial charge in [0.2, 0.25) is 0 Å². The third-order valence-electron chi connectivity index (χ3n) is 7.01. The molecule has 0 fully saturated rings. The molecule has 0 saturated carbocycles. The summed E-state index contributed by atoms with van der Waals surface area (Å²) >= 11 is 3.45. The van der Waals surface area contributed by atoms with E-state index in [-0.39, 0.29) is 17.6 Å². The highest BCUT2D eigenvalue weighted by Gasteiger charge is 2.30. The summed E-state index contributed by atoms with van der Waals surface area (Å²) in [6, 6.07) is 22.1. The molecule has 0 N–H and O–H groups in total. The van der Waals surface area contributed by atoms with Gasteiger partial charge in [0.25, 0.3) is 5.56 Å². The lowest BCUT2D eigenvalue weighted by Crippen LogP contribution is -2.40. The first-order chi connectivity index (χ1) is 17.1. The predicted molar refractivity (Wildman–Crippen MR) is 139 cm³/mol. The summed E-state index contributed by atoms with van der Waals surface area (Å²) in [6.45, 7) is 1.68. The molecule has 6 rings (SSSR count). The molecule has 6 nitrogen and oxygen atoms in total. The lowest BCUT2D eigenvalue weighted by molar-refractivity contribution is 0.0964. The van der Waals surface area contributed by atoms with Crippen LogP contribution in [0.5, 0.6) is 0 Å². The number of fused-ring (bicyclic) bond motifs is 5. The second-order valence-electron chi connectivity index (χ2n) is 9.04. The highest BCUT2D eigenvalue weighted by molar-refractivity contribution is 9.10. The zero-order chi connectivity index (χ0) is 23.9. The number of aryl methyl sites for hydroxylation is 1. The summed E-state index contributed by atoms with van der Waals surface area (Å²) in [5.41, 5.74) is 5.44. The summed E-state index contributed by atoms with van der Waals surface area (Å²) < 4.78 is 8.46. The molecule has 1 aromatic heterocycles. The van der Waals surface area contributed by atoms with E-state index < -0.39 is 0 Å². The summed E-state index contributed by atoms with van der Waals surface area (Å²) in [4.78, 5) is 32.7. The number of ether oxygens (including phenoxy) is 1. The lowest BCUT2D eigenvalue weighted by Gasteiger charge is -2.26. The van der Waals surface area contributed by atoms with Crippen molar-refractivity contribution in [2.24, 2.45) is 0 Å². The van der Waals surface area contributed by atoms with E-state index in [1.54, 1.807) is 15.5 Å². The van der Waals surface area contributed by atoms with Crippen molar-refractivity contribution in [2.75, 3.05) is 19.7 Å². The van der Waals surface area contributed by atoms with E-state index in [1.165, 1.54) is 22.3 Å². The highest BCUT2D eigenvalue weighted by Crippen LogP contribution is 2.44. The minimum absolute atomic E-state index is 0.0272. The van der Waals surface area contributed by atoms with Crippen LogP contribution in [0.2, 0.25) is 0 Å². The third kappa shape index (κ3) is 3.93. The molecule has 7 heteroatoms. The molecular weight excluding hydrogens is 506 g/mol. The maximum Gasteiger partial charge on any atom is 0.409 e. The van der Waals surface area contributed by atoms with Gasteiger partial charge in [-0.3, -0.25) is 9.36 Å². The maximum atomic E-state index is 13.1. The number of rotatable bonds is 2. The lowest BCUT2D eigenvalue weighted by atomic mass is 9.98. The van der Waals surface area contributed by atoms with Crippen molar-refractivity contribution >= 4 is 32.9 Å². The van der Waals surface area contributed by atoms with Crippen LogP contribution in [0.3, 0.4) is 0 Å². The fourth-order valence-electron chi connectivity index (χ4n) is 5.29. The molecule has 0 unspecified atom stereocenters. The van der Waals surface area contributed by atoms with Crippen LogP contribution in [-0.2, 0) is 17.7 Å². The number of carbonyl (C=O) groups excluding carboxylic acids is 1. The Balaban J connectivity index is 1.19. The standard InChI is InChI=1S/C28H24BrN3O3/c29-18-11-12-23-25(16-18)30-26-10-5-13-31(14-15-32(26)27(23)33)28(34)35-17-24-21-8-3-1-6-19(21)20-7-2-4-9-22(20)24/h1-4,6-9,11-12,16,24H,5,10,13-15,17H2. The Morgan fingerprint density at radius 1 is 0.971 bits per heavy atom. The Kier molecular flexibility index (Phi) is 5.65. The number of carbonyl (C=O) groups is 1. The first kappa shape index (κ1) is 22.0. The Morgan fingerprint density at radius 3 is 2.43 bits per heavy atom. The number of hydrogen-bond donors (Lipinski definition) is 0. The van der Waals surface area contributed by atoms with E-state index in [0.717, 1.165) is 16.7 Å². The van der Waals surface area contributed by atoms with Gasteiger partial charge in [0.05, 0.1) is 10.9 Å². The van der Waals surface area contributed by atoms with Gasteiger partial charge < -0.3 is 9.64 Å². The van der Waals surface area contributed by atoms with Crippen molar-refractivity contribution in [3.63, 3.8) is 0 Å². The van der Waals surface area contributed by atoms with Crippen LogP contribution >= 0.6 is 15.9 Å². The van der Waals surface area contributed by atoms with Crippen LogP contribution in [0.25, 0.3) is 22.0 Å². The van der Waals surface area contributed by atoms with Crippen LogP contribution < -0.4 is 5.56 Å². The van der Waals surface area contributed by atoms with Crippen molar-refractivity contribution in [1.82, 2.24) is 14.5 Å². The van der Waals surface area contributed by atoms with Crippen molar-refractivity contribution < 1.29 is 9.53 Å². The Morgan fingerprint density at radius 2 is 1.69 bits per heavy atom. The Hall–Kier alpha value is -3.45. The van der Waals surface area contributed by atoms with Crippen LogP contribution in [0, 0.1) is 0 Å². The van der Waals surface area contributed by atoms with E-state index in [1.807, 2.05) is 36.4 Å². The number of halogens is 1. The topological polar surface area (TPSA) is 64.4 Å². The molecule has 0 bridgehead atoms. The van der Waals surface area contributed by atoms with Gasteiger partial charge >= 0.3 is 6.09 Å². The molecule has 2 heterocycles. The number of hydrogen-bond acceptors (Lipinski definition) is 4. The molecule has 4 aromatic rings. The van der Waals surface area contributed by atoms with Crippen molar-refractivity contribution in [3.8, 4) is 11.1 Å². The largest absolute Gasteiger partial charge is 0.448 e. The number of amides is 1. The minimum Gasteiger partial charge on any atom is -0.448 e. The molecule has 1 aliphatic carbocycles. The van der Waals surface area contributed by atoms with Crippen LogP contribution in [-0.4, -0.2) is 40.2 Å². The highest BCUT2D eigenvalue weighted by atomic mass is 79.9. The Bertz CT molecular complexity index is 1470. The molecule has 0 radical (unpaired) electrons. The van der Waals surface area contributed by atoms with Gasteiger partial charge in [-0.15, -0.1) is 0 Å². The normalized spacial score (nSPS) is 15.2. The fraction of sp³-hybridized carbons (Fsp3) is 0.250. The number of nitrogens with zero attached hydrogens (tertiary/aromatic N) is 3. The second-order valence-corrected chi connectivity index (χ2v) is 9.96. The number of benzene rings is 3. The van der Waals surface area contributed by atoms with Crippen LogP contribution in [0.15, 0.2) is 76.0 Å². The van der Waals surface area contributed by atoms with Gasteiger partial charge in [-0.25, -0.2) is 9.78 Å². The summed E-state index contributed by atoms with van der Waals surface area (Å²) in [7, 11) is 0. The molecule has 0 atom stereocenters. The third-order valence-corrected chi connectivity index (χ3v) is 7.51. The van der Waals surface area contributed by atoms with E-state index in [0.29, 0.717) is 43.6 Å². The van der Waals surface area contributed by atoms with E-state index >= 15 is 0 Å². The molecule has 176 valence electrons. The first-order valence-electron chi connectivity index (χ1n) is 11.9. The molecule has 35 heavy (non-hydrogen) atoms. The van der Waals surface area contributed by atoms with Gasteiger partial charge in [0.1, 0.15) is 12.4 Å². The summed E-state index contributed by atoms with van der Waals surface area (Å²) in [5, 5.41) is 0.588. The molecule has 1 aliphatic heterocycles. The smallest absolute Gasteiger partial charge is 0.409 e. The first-order valence-corrected chi connectivity index (χ1v) is 12.7. The monoisotopic (exact) mass is 529 g/mol. The van der Waals surface area contributed by atoms with Crippen molar-refractivity contribution in [1.29, 1.82) is 0 Å². The van der Waals surface area contributed by atoms with Crippen molar-refractivity contribution in [2.45, 2.75) is 25.3 Å². The molecule has 2 aliphatic rings.